The van der Waals surface area contributed by atoms with Gasteiger partial charge in [-0.05, 0) is 17.7 Å². The fourth-order valence-corrected chi connectivity index (χ4v) is 0.986. The minimum atomic E-state index is -0.832. The quantitative estimate of drug-likeness (QED) is 0.734. The summed E-state index contributed by atoms with van der Waals surface area (Å²) < 4.78 is 0. The average Bonchev–Trinajstić information content (AvgIpc) is 2.18. The van der Waals surface area contributed by atoms with Crippen molar-refractivity contribution in [3.63, 3.8) is 0 Å². The molecule has 1 N–H and O–H groups in total. The van der Waals surface area contributed by atoms with Crippen molar-refractivity contribution < 1.29 is 9.90 Å². The van der Waals surface area contributed by atoms with E-state index in [1.165, 1.54) is 0 Å². The summed E-state index contributed by atoms with van der Waals surface area (Å²) in [6.45, 7) is 0. The molecule has 2 nitrogen and oxygen atoms in total. The molecule has 0 unspecified atom stereocenters. The van der Waals surface area contributed by atoms with Crippen LogP contribution in [0.3, 0.4) is 0 Å². The molecule has 0 bridgehead atoms. The fraction of sp³-hybridized carbons (Fsp3) is 0.0833. The number of terminal acetylenes is 1. The van der Waals surface area contributed by atoms with Crippen LogP contribution in [0.2, 0.25) is 0 Å². The molecule has 0 aliphatic rings. The Morgan fingerprint density at radius 1 is 1.43 bits per heavy atom. The molecule has 0 atom stereocenters. The Morgan fingerprint density at radius 2 is 2.07 bits per heavy atom. The van der Waals surface area contributed by atoms with Crippen LogP contribution in [0.4, 0.5) is 0 Å². The molecule has 0 radical (unpaired) electrons. The van der Waals surface area contributed by atoms with Crippen LogP contribution < -0.4 is 0 Å². The molecule has 1 aromatic rings. The number of carboxylic acid groups (broad SMARTS) is 1. The zero-order valence-electron chi connectivity index (χ0n) is 7.60. The molecule has 0 saturated heterocycles. The summed E-state index contributed by atoms with van der Waals surface area (Å²) in [5.41, 5.74) is 1.77. The minimum Gasteiger partial charge on any atom is -0.481 e. The van der Waals surface area contributed by atoms with Crippen molar-refractivity contribution in [2.45, 2.75) is 6.42 Å². The van der Waals surface area contributed by atoms with Gasteiger partial charge in [0.1, 0.15) is 0 Å². The normalized spacial score (nSPS) is 9.93. The fourth-order valence-electron chi connectivity index (χ4n) is 0.986. The highest BCUT2D eigenvalue weighted by atomic mass is 16.4. The van der Waals surface area contributed by atoms with E-state index in [-0.39, 0.29) is 6.42 Å². The van der Waals surface area contributed by atoms with E-state index in [1.807, 2.05) is 24.3 Å². The molecule has 1 aromatic carbocycles. The van der Waals surface area contributed by atoms with Gasteiger partial charge in [0.15, 0.2) is 0 Å². The van der Waals surface area contributed by atoms with Crippen molar-refractivity contribution in [2.24, 2.45) is 0 Å². The lowest BCUT2D eigenvalue weighted by atomic mass is 10.1. The maximum atomic E-state index is 10.2. The Balaban J connectivity index is 2.65. The van der Waals surface area contributed by atoms with Gasteiger partial charge in [0, 0.05) is 5.56 Å². The van der Waals surface area contributed by atoms with Crippen molar-refractivity contribution in [2.75, 3.05) is 0 Å². The largest absolute Gasteiger partial charge is 0.481 e. The molecule has 0 fully saturated rings. The summed E-state index contributed by atoms with van der Waals surface area (Å²) in [7, 11) is 0. The van der Waals surface area contributed by atoms with E-state index >= 15 is 0 Å². The number of hydrogen-bond donors (Lipinski definition) is 1. The van der Waals surface area contributed by atoms with Gasteiger partial charge in [0.05, 0.1) is 6.42 Å². The molecule has 0 aromatic heterocycles. The molecule has 0 aliphatic heterocycles. The van der Waals surface area contributed by atoms with Crippen molar-refractivity contribution in [1.29, 1.82) is 0 Å². The summed E-state index contributed by atoms with van der Waals surface area (Å²) in [6.07, 6.45) is 8.60. The Labute approximate surface area is 82.9 Å². The molecule has 70 valence electrons. The zero-order chi connectivity index (χ0) is 10.4. The molecule has 0 heterocycles. The van der Waals surface area contributed by atoms with Crippen LogP contribution in [0.1, 0.15) is 17.5 Å². The van der Waals surface area contributed by atoms with Crippen LogP contribution in [-0.4, -0.2) is 11.1 Å². The number of aliphatic carboxylic acids is 1. The summed E-state index contributed by atoms with van der Waals surface area (Å²) in [5.74, 6) is 1.68. The van der Waals surface area contributed by atoms with Gasteiger partial charge < -0.3 is 5.11 Å². The number of hydrogen-bond acceptors (Lipinski definition) is 1. The van der Waals surface area contributed by atoms with E-state index < -0.39 is 5.97 Å². The van der Waals surface area contributed by atoms with Gasteiger partial charge in [0.2, 0.25) is 0 Å². The minimum absolute atomic E-state index is 0.0386. The smallest absolute Gasteiger partial charge is 0.307 e. The monoisotopic (exact) mass is 186 g/mol. The summed E-state index contributed by atoms with van der Waals surface area (Å²) in [5, 5.41) is 8.40. The first kappa shape index (κ1) is 10.1. The Morgan fingerprint density at radius 3 is 2.57 bits per heavy atom. The molecule has 0 spiro atoms. The lowest BCUT2D eigenvalue weighted by molar-refractivity contribution is -0.135. The highest BCUT2D eigenvalue weighted by molar-refractivity contribution is 5.70. The summed E-state index contributed by atoms with van der Waals surface area (Å²) in [6, 6.07) is 7.35. The topological polar surface area (TPSA) is 37.3 Å². The first-order valence-electron chi connectivity index (χ1n) is 4.17. The van der Waals surface area contributed by atoms with Crippen LogP contribution in [0, 0.1) is 12.3 Å². The molecule has 0 saturated carbocycles. The third-order valence-electron chi connectivity index (χ3n) is 1.68. The van der Waals surface area contributed by atoms with Gasteiger partial charge in [-0.15, -0.1) is 6.42 Å². The van der Waals surface area contributed by atoms with Crippen LogP contribution >= 0.6 is 0 Å². The van der Waals surface area contributed by atoms with E-state index in [0.29, 0.717) is 0 Å². The van der Waals surface area contributed by atoms with Crippen LogP contribution in [0.25, 0.3) is 6.08 Å². The predicted octanol–water partition coefficient (Wildman–Crippen LogP) is 2.16. The molecule has 2 heteroatoms. The zero-order valence-corrected chi connectivity index (χ0v) is 7.60. The van der Waals surface area contributed by atoms with Crippen LogP contribution in [-0.2, 0) is 4.79 Å². The Kier molecular flexibility index (Phi) is 3.51. The molecule has 0 amide bonds. The number of carbonyl (C=O) groups is 1. The van der Waals surface area contributed by atoms with Gasteiger partial charge >= 0.3 is 5.97 Å². The third kappa shape index (κ3) is 3.16. The molecule has 1 rings (SSSR count). The molecular weight excluding hydrogens is 176 g/mol. The van der Waals surface area contributed by atoms with Gasteiger partial charge in [-0.1, -0.05) is 30.2 Å². The summed E-state index contributed by atoms with van der Waals surface area (Å²) >= 11 is 0. The molecule has 0 aliphatic carbocycles. The van der Waals surface area contributed by atoms with Crippen molar-refractivity contribution in [3.05, 3.63) is 41.5 Å². The second-order valence-corrected chi connectivity index (χ2v) is 2.77. The van der Waals surface area contributed by atoms with E-state index in [1.54, 1.807) is 12.2 Å². The highest BCUT2D eigenvalue weighted by Crippen LogP contribution is 2.05. The molecular formula is C12H10O2. The van der Waals surface area contributed by atoms with Gasteiger partial charge in [-0.3, -0.25) is 4.79 Å². The average molecular weight is 186 g/mol. The van der Waals surface area contributed by atoms with E-state index in [2.05, 4.69) is 5.92 Å². The predicted molar refractivity (Wildman–Crippen MR) is 55.7 cm³/mol. The SMILES string of the molecule is C#Cc1ccc(C=CCC(=O)O)cc1. The van der Waals surface area contributed by atoms with E-state index in [0.717, 1.165) is 11.1 Å². The second-order valence-electron chi connectivity index (χ2n) is 2.77. The van der Waals surface area contributed by atoms with Gasteiger partial charge in [0.25, 0.3) is 0 Å². The maximum absolute atomic E-state index is 10.2. The lowest BCUT2D eigenvalue weighted by Gasteiger charge is -1.93. The maximum Gasteiger partial charge on any atom is 0.307 e. The summed E-state index contributed by atoms with van der Waals surface area (Å²) in [4.78, 5) is 10.2. The Bertz CT molecular complexity index is 380. The van der Waals surface area contributed by atoms with Crippen LogP contribution in [0.15, 0.2) is 30.3 Å². The Hall–Kier alpha value is -2.01. The van der Waals surface area contributed by atoms with Gasteiger partial charge in [-0.25, -0.2) is 0 Å². The van der Waals surface area contributed by atoms with Crippen molar-refractivity contribution in [1.82, 2.24) is 0 Å². The first-order valence-corrected chi connectivity index (χ1v) is 4.17. The second kappa shape index (κ2) is 4.88. The third-order valence-corrected chi connectivity index (χ3v) is 1.68. The number of rotatable bonds is 3. The van der Waals surface area contributed by atoms with Crippen molar-refractivity contribution in [3.8, 4) is 12.3 Å². The first-order chi connectivity index (χ1) is 6.72. The van der Waals surface area contributed by atoms with Gasteiger partial charge in [-0.2, -0.15) is 0 Å². The standard InChI is InChI=1S/C12H10O2/c1-2-10-6-8-11(9-7-10)4-3-5-12(13)14/h1,3-4,6-9H,5H2,(H,13,14). The molecule has 14 heavy (non-hydrogen) atoms. The highest BCUT2D eigenvalue weighted by Gasteiger charge is 1.90. The lowest BCUT2D eigenvalue weighted by Crippen LogP contribution is -1.89. The van der Waals surface area contributed by atoms with E-state index in [4.69, 9.17) is 11.5 Å². The number of benzene rings is 1. The number of carboxylic acids is 1. The van der Waals surface area contributed by atoms with Crippen molar-refractivity contribution >= 4 is 12.0 Å². The van der Waals surface area contributed by atoms with Crippen LogP contribution in [0.5, 0.6) is 0 Å². The van der Waals surface area contributed by atoms with E-state index in [9.17, 15) is 4.79 Å².